The van der Waals surface area contributed by atoms with Crippen molar-refractivity contribution in [3.8, 4) is 0 Å². The second-order valence-corrected chi connectivity index (χ2v) is 7.04. The first-order valence-electron chi connectivity index (χ1n) is 7.31. The summed E-state index contributed by atoms with van der Waals surface area (Å²) in [5, 5.41) is 11.8. The van der Waals surface area contributed by atoms with E-state index in [2.05, 4.69) is 5.32 Å². The van der Waals surface area contributed by atoms with E-state index in [9.17, 15) is 18.3 Å². The van der Waals surface area contributed by atoms with Gasteiger partial charge >= 0.3 is 0 Å². The smallest absolute Gasteiger partial charge is 0.251 e. The van der Waals surface area contributed by atoms with E-state index in [1.807, 2.05) is 0 Å². The standard InChI is InChI=1S/C15H24N2O4S/c1-5-17(6-2)22(20,21)14-9-13(8-7-11(14)3)15(19)16-10-12(4)18/h7-9,12,18H,5-6,10H2,1-4H3,(H,16,19). The minimum absolute atomic E-state index is 0.116. The number of nitrogens with zero attached hydrogens (tertiary/aromatic N) is 1. The molecule has 0 spiro atoms. The molecule has 0 aromatic heterocycles. The largest absolute Gasteiger partial charge is 0.392 e. The number of benzene rings is 1. The fourth-order valence-corrected chi connectivity index (χ4v) is 3.77. The van der Waals surface area contributed by atoms with E-state index in [4.69, 9.17) is 0 Å². The monoisotopic (exact) mass is 328 g/mol. The van der Waals surface area contributed by atoms with Crippen LogP contribution < -0.4 is 5.32 Å². The van der Waals surface area contributed by atoms with Crippen molar-refractivity contribution in [3.05, 3.63) is 29.3 Å². The van der Waals surface area contributed by atoms with Gasteiger partial charge in [0.25, 0.3) is 5.91 Å². The van der Waals surface area contributed by atoms with Crippen LogP contribution in [0.5, 0.6) is 0 Å². The molecule has 7 heteroatoms. The Balaban J connectivity index is 3.17. The van der Waals surface area contributed by atoms with Crippen molar-refractivity contribution >= 4 is 15.9 Å². The summed E-state index contributed by atoms with van der Waals surface area (Å²) < 4.78 is 26.6. The molecule has 0 aliphatic heterocycles. The predicted molar refractivity (Wildman–Crippen MR) is 85.3 cm³/mol. The van der Waals surface area contributed by atoms with Gasteiger partial charge in [-0.25, -0.2) is 8.42 Å². The van der Waals surface area contributed by atoms with Crippen LogP contribution in [-0.2, 0) is 10.0 Å². The van der Waals surface area contributed by atoms with Crippen LogP contribution in [0.1, 0.15) is 36.7 Å². The zero-order valence-electron chi connectivity index (χ0n) is 13.5. The maximum atomic E-state index is 12.6. The molecule has 1 atom stereocenters. The Bertz CT molecular complexity index is 622. The third-order valence-corrected chi connectivity index (χ3v) is 5.52. The molecule has 0 fully saturated rings. The number of carbonyl (C=O) groups excluding carboxylic acids is 1. The molecule has 0 bridgehead atoms. The summed E-state index contributed by atoms with van der Waals surface area (Å²) in [5.41, 5.74) is 0.857. The average molecular weight is 328 g/mol. The Hall–Kier alpha value is -1.44. The Morgan fingerprint density at radius 3 is 2.41 bits per heavy atom. The molecule has 0 saturated heterocycles. The number of hydrogen-bond acceptors (Lipinski definition) is 4. The van der Waals surface area contributed by atoms with E-state index in [0.717, 1.165) is 0 Å². The van der Waals surface area contributed by atoms with Gasteiger partial charge in [-0.3, -0.25) is 4.79 Å². The average Bonchev–Trinajstić information content (AvgIpc) is 2.45. The number of hydrogen-bond donors (Lipinski definition) is 2. The van der Waals surface area contributed by atoms with Crippen molar-refractivity contribution in [1.82, 2.24) is 9.62 Å². The molecule has 1 aromatic carbocycles. The van der Waals surface area contributed by atoms with Crippen LogP contribution in [-0.4, -0.2) is 49.5 Å². The van der Waals surface area contributed by atoms with E-state index in [-0.39, 0.29) is 17.0 Å². The van der Waals surface area contributed by atoms with Crippen molar-refractivity contribution in [2.24, 2.45) is 0 Å². The highest BCUT2D eigenvalue weighted by Gasteiger charge is 2.24. The topological polar surface area (TPSA) is 86.7 Å². The lowest BCUT2D eigenvalue weighted by Gasteiger charge is -2.20. The van der Waals surface area contributed by atoms with Crippen LogP contribution in [0.3, 0.4) is 0 Å². The first kappa shape index (κ1) is 18.6. The molecule has 0 aliphatic rings. The fraction of sp³-hybridized carbons (Fsp3) is 0.533. The van der Waals surface area contributed by atoms with Crippen LogP contribution in [0.15, 0.2) is 23.1 Å². The van der Waals surface area contributed by atoms with Crippen LogP contribution in [0.25, 0.3) is 0 Å². The van der Waals surface area contributed by atoms with Crippen molar-refractivity contribution in [1.29, 1.82) is 0 Å². The Morgan fingerprint density at radius 2 is 1.91 bits per heavy atom. The van der Waals surface area contributed by atoms with Gasteiger partial charge in [0.05, 0.1) is 11.0 Å². The lowest BCUT2D eigenvalue weighted by molar-refractivity contribution is 0.0924. The summed E-state index contributed by atoms with van der Waals surface area (Å²) in [5.74, 6) is -0.406. The summed E-state index contributed by atoms with van der Waals surface area (Å²) in [6.45, 7) is 7.67. The number of rotatable bonds is 7. The summed E-state index contributed by atoms with van der Waals surface area (Å²) >= 11 is 0. The van der Waals surface area contributed by atoms with Gasteiger partial charge in [0.1, 0.15) is 0 Å². The number of aryl methyl sites for hydroxylation is 1. The maximum Gasteiger partial charge on any atom is 0.251 e. The third kappa shape index (κ3) is 4.28. The predicted octanol–water partition coefficient (Wildman–Crippen LogP) is 1.14. The number of aliphatic hydroxyl groups excluding tert-OH is 1. The molecular formula is C15H24N2O4S. The molecule has 1 aromatic rings. The molecule has 2 N–H and O–H groups in total. The zero-order valence-corrected chi connectivity index (χ0v) is 14.3. The van der Waals surface area contributed by atoms with Gasteiger partial charge in [0.2, 0.25) is 10.0 Å². The molecule has 0 heterocycles. The summed E-state index contributed by atoms with van der Waals surface area (Å²) in [6.07, 6.45) is -0.659. The minimum Gasteiger partial charge on any atom is -0.392 e. The summed E-state index contributed by atoms with van der Waals surface area (Å²) in [7, 11) is -3.62. The maximum absolute atomic E-state index is 12.6. The van der Waals surface area contributed by atoms with Gasteiger partial charge in [-0.1, -0.05) is 19.9 Å². The third-order valence-electron chi connectivity index (χ3n) is 3.33. The highest BCUT2D eigenvalue weighted by molar-refractivity contribution is 7.89. The Morgan fingerprint density at radius 1 is 1.32 bits per heavy atom. The summed E-state index contributed by atoms with van der Waals surface area (Å²) in [6, 6.07) is 4.59. The Kier molecular flexibility index (Phi) is 6.52. The van der Waals surface area contributed by atoms with E-state index < -0.39 is 22.0 Å². The van der Waals surface area contributed by atoms with Crippen LogP contribution in [0.2, 0.25) is 0 Å². The van der Waals surface area contributed by atoms with Crippen molar-refractivity contribution in [2.45, 2.75) is 38.7 Å². The molecule has 1 amide bonds. The van der Waals surface area contributed by atoms with Gasteiger partial charge in [-0.05, 0) is 31.5 Å². The highest BCUT2D eigenvalue weighted by atomic mass is 32.2. The fourth-order valence-electron chi connectivity index (χ4n) is 2.06. The van der Waals surface area contributed by atoms with Crippen LogP contribution in [0, 0.1) is 6.92 Å². The second kappa shape index (κ2) is 7.71. The summed E-state index contributed by atoms with van der Waals surface area (Å²) in [4.78, 5) is 12.2. The number of nitrogens with one attached hydrogen (secondary N) is 1. The SMILES string of the molecule is CCN(CC)S(=O)(=O)c1cc(C(=O)NCC(C)O)ccc1C. The molecule has 124 valence electrons. The molecule has 1 unspecified atom stereocenters. The van der Waals surface area contributed by atoms with Gasteiger partial charge < -0.3 is 10.4 Å². The zero-order chi connectivity index (χ0) is 16.9. The van der Waals surface area contributed by atoms with Crippen molar-refractivity contribution < 1.29 is 18.3 Å². The minimum atomic E-state index is -3.62. The first-order valence-corrected chi connectivity index (χ1v) is 8.75. The highest BCUT2D eigenvalue weighted by Crippen LogP contribution is 2.21. The second-order valence-electron chi connectivity index (χ2n) is 5.13. The van der Waals surface area contributed by atoms with E-state index in [1.165, 1.54) is 10.4 Å². The number of sulfonamides is 1. The van der Waals surface area contributed by atoms with Crippen LogP contribution in [0.4, 0.5) is 0 Å². The van der Waals surface area contributed by atoms with E-state index in [1.54, 1.807) is 39.8 Å². The molecule has 22 heavy (non-hydrogen) atoms. The molecule has 6 nitrogen and oxygen atoms in total. The number of carbonyl (C=O) groups is 1. The quantitative estimate of drug-likeness (QED) is 0.786. The normalized spacial score (nSPS) is 13.2. The number of aliphatic hydroxyl groups is 1. The molecule has 1 rings (SSSR count). The van der Waals surface area contributed by atoms with Gasteiger partial charge in [0, 0.05) is 25.2 Å². The van der Waals surface area contributed by atoms with E-state index in [0.29, 0.717) is 18.7 Å². The van der Waals surface area contributed by atoms with E-state index >= 15 is 0 Å². The van der Waals surface area contributed by atoms with Crippen molar-refractivity contribution in [2.75, 3.05) is 19.6 Å². The molecular weight excluding hydrogens is 304 g/mol. The van der Waals surface area contributed by atoms with Gasteiger partial charge in [-0.15, -0.1) is 0 Å². The molecule has 0 aliphatic carbocycles. The molecule has 0 radical (unpaired) electrons. The molecule has 0 saturated carbocycles. The van der Waals surface area contributed by atoms with Crippen molar-refractivity contribution in [3.63, 3.8) is 0 Å². The Labute approximate surface area is 132 Å². The van der Waals surface area contributed by atoms with Gasteiger partial charge in [0.15, 0.2) is 0 Å². The number of amides is 1. The lowest BCUT2D eigenvalue weighted by atomic mass is 10.1. The lowest BCUT2D eigenvalue weighted by Crippen LogP contribution is -2.32. The van der Waals surface area contributed by atoms with Crippen LogP contribution >= 0.6 is 0 Å². The first-order chi connectivity index (χ1) is 10.2. The van der Waals surface area contributed by atoms with Gasteiger partial charge in [-0.2, -0.15) is 4.31 Å².